The van der Waals surface area contributed by atoms with E-state index in [1.54, 1.807) is 22.0 Å². The molecule has 248 valence electrons. The first-order chi connectivity index (χ1) is 23.7. The van der Waals surface area contributed by atoms with E-state index in [0.717, 1.165) is 11.8 Å². The van der Waals surface area contributed by atoms with Crippen molar-refractivity contribution in [2.75, 3.05) is 0 Å². The second-order valence-corrected chi connectivity index (χ2v) is 15.1. The molecule has 0 amide bonds. The smallest absolute Gasteiger partial charge is 0.108 e. The molecule has 48 heavy (non-hydrogen) atoms. The van der Waals surface area contributed by atoms with Crippen LogP contribution in [0.2, 0.25) is 0 Å². The Hall–Kier alpha value is -3.41. The van der Waals surface area contributed by atoms with Crippen LogP contribution in [0, 0.1) is 0 Å². The average Bonchev–Trinajstić information content (AvgIpc) is 3.17. The van der Waals surface area contributed by atoms with Crippen molar-refractivity contribution in [3.05, 3.63) is 150 Å². The van der Waals surface area contributed by atoms with Crippen LogP contribution < -0.4 is 27.2 Å². The Bertz CT molecular complexity index is 1520. The first-order valence-corrected chi connectivity index (χ1v) is 19.8. The Morgan fingerprint density at radius 3 is 1.17 bits per heavy atom. The summed E-state index contributed by atoms with van der Waals surface area (Å²) in [6.07, 6.45) is 15.7. The summed E-state index contributed by atoms with van der Waals surface area (Å²) in [4.78, 5) is 0. The lowest BCUT2D eigenvalue weighted by atomic mass is 9.13. The van der Waals surface area contributed by atoms with Crippen molar-refractivity contribution in [3.63, 3.8) is 0 Å². The summed E-state index contributed by atoms with van der Waals surface area (Å²) < 4.78 is 0. The molecular formula is C46H56BP. The highest BCUT2D eigenvalue weighted by Crippen LogP contribution is 2.42. The first kappa shape index (κ1) is 34.5. The fourth-order valence-electron chi connectivity index (χ4n) is 9.49. The van der Waals surface area contributed by atoms with E-state index in [2.05, 4.69) is 150 Å². The van der Waals surface area contributed by atoms with Gasteiger partial charge in [0.15, 0.2) is 0 Å². The maximum Gasteiger partial charge on any atom is 0.108 e. The van der Waals surface area contributed by atoms with E-state index in [0.29, 0.717) is 0 Å². The highest BCUT2D eigenvalue weighted by molar-refractivity contribution is 7.27. The quantitative estimate of drug-likeness (QED) is 0.116. The summed E-state index contributed by atoms with van der Waals surface area (Å²) >= 11 is 0. The third kappa shape index (κ3) is 7.28. The van der Waals surface area contributed by atoms with Gasteiger partial charge in [0.1, 0.15) is 6.15 Å². The molecule has 5 aromatic rings. The predicted molar refractivity (Wildman–Crippen MR) is 218 cm³/mol. The van der Waals surface area contributed by atoms with Crippen molar-refractivity contribution in [1.82, 2.24) is 0 Å². The van der Waals surface area contributed by atoms with Gasteiger partial charge in [-0.25, -0.2) is 0 Å². The topological polar surface area (TPSA) is 0 Å². The van der Waals surface area contributed by atoms with Crippen molar-refractivity contribution in [2.45, 2.75) is 103 Å². The van der Waals surface area contributed by atoms with E-state index in [1.807, 2.05) is 5.56 Å². The van der Waals surface area contributed by atoms with E-state index in [-0.39, 0.29) is 0 Å². The molecule has 5 aromatic carbocycles. The van der Waals surface area contributed by atoms with E-state index in [4.69, 9.17) is 0 Å². The van der Waals surface area contributed by atoms with Gasteiger partial charge < -0.3 is 0 Å². The Balaban J connectivity index is 0.000000168. The lowest BCUT2D eigenvalue weighted by molar-refractivity contribution is 0.431. The Labute approximate surface area is 293 Å². The lowest BCUT2D eigenvalue weighted by Gasteiger charge is -2.44. The molecule has 0 spiro atoms. The Morgan fingerprint density at radius 2 is 0.833 bits per heavy atom. The maximum absolute atomic E-state index is 2.59. The van der Waals surface area contributed by atoms with Gasteiger partial charge in [-0.15, -0.1) is 0 Å². The van der Waals surface area contributed by atoms with E-state index < -0.39 is 6.15 Å². The van der Waals surface area contributed by atoms with E-state index >= 15 is 0 Å². The minimum Gasteiger partial charge on any atom is -0.195 e. The molecule has 2 fully saturated rings. The van der Waals surface area contributed by atoms with Gasteiger partial charge in [-0.2, -0.15) is 21.9 Å². The molecule has 0 radical (unpaired) electrons. The van der Waals surface area contributed by atoms with Crippen LogP contribution in [-0.4, -0.2) is 6.15 Å². The fourth-order valence-corrected chi connectivity index (χ4v) is 10.2. The molecule has 0 aromatic heterocycles. The zero-order chi connectivity index (χ0) is 33.2. The molecule has 0 nitrogen and oxygen atoms in total. The maximum atomic E-state index is 2.59. The third-order valence-corrected chi connectivity index (χ3v) is 12.2. The number of rotatable bonds is 8. The minimum absolute atomic E-state index is 0.861. The van der Waals surface area contributed by atoms with Gasteiger partial charge in [0.2, 0.25) is 0 Å². The molecule has 7 rings (SSSR count). The molecule has 1 unspecified atom stereocenters. The number of hydrogen-bond donors (Lipinski definition) is 0. The lowest BCUT2D eigenvalue weighted by Crippen LogP contribution is -2.74. The van der Waals surface area contributed by atoms with Crippen LogP contribution in [0.4, 0.5) is 0 Å². The fraction of sp³-hybridized carbons (Fsp3) is 0.348. The van der Waals surface area contributed by atoms with Gasteiger partial charge in [-0.05, 0) is 73.1 Å². The Kier molecular flexibility index (Phi) is 12.1. The second-order valence-electron chi connectivity index (χ2n) is 14.4. The zero-order valence-corrected chi connectivity index (χ0v) is 31.0. The van der Waals surface area contributed by atoms with Crippen molar-refractivity contribution in [1.29, 1.82) is 0 Å². The molecule has 1 atom stereocenters. The van der Waals surface area contributed by atoms with Gasteiger partial charge in [0, 0.05) is 14.8 Å². The van der Waals surface area contributed by atoms with E-state index in [1.165, 1.54) is 98.9 Å². The molecule has 0 heterocycles. The average molecular weight is 651 g/mol. The van der Waals surface area contributed by atoms with Gasteiger partial charge >= 0.3 is 0 Å². The summed E-state index contributed by atoms with van der Waals surface area (Å²) in [7, 11) is 2.16. The van der Waals surface area contributed by atoms with Crippen LogP contribution in [-0.2, 0) is 12.8 Å². The van der Waals surface area contributed by atoms with Crippen LogP contribution >= 0.6 is 9.24 Å². The van der Waals surface area contributed by atoms with Gasteiger partial charge in [-0.1, -0.05) is 174 Å². The zero-order valence-electron chi connectivity index (χ0n) is 29.5. The van der Waals surface area contributed by atoms with Crippen molar-refractivity contribution in [3.8, 4) is 0 Å². The van der Waals surface area contributed by atoms with Crippen molar-refractivity contribution >= 4 is 42.5 Å². The number of benzene rings is 5. The molecule has 0 N–H and O–H groups in total. The summed E-state index contributed by atoms with van der Waals surface area (Å²) in [6, 6.07) is 46.1. The monoisotopic (exact) mass is 650 g/mol. The molecule has 0 saturated heterocycles. The highest BCUT2D eigenvalue weighted by atomic mass is 31.0. The number of aryl methyl sites for hydroxylation is 1. The minimum atomic E-state index is -1.22. The molecule has 2 aliphatic carbocycles. The van der Waals surface area contributed by atoms with Crippen LogP contribution in [0.5, 0.6) is 0 Å². The summed E-state index contributed by atoms with van der Waals surface area (Å²) in [5.74, 6) is 1.72. The van der Waals surface area contributed by atoms with Gasteiger partial charge in [-0.3, -0.25) is 0 Å². The number of hydrogen-bond acceptors (Lipinski definition) is 0. The van der Waals surface area contributed by atoms with E-state index in [9.17, 15) is 0 Å². The molecule has 0 aliphatic heterocycles. The highest BCUT2D eigenvalue weighted by Gasteiger charge is 2.31. The van der Waals surface area contributed by atoms with Crippen molar-refractivity contribution in [2.24, 2.45) is 0 Å². The molecule has 2 saturated carbocycles. The standard InChI is InChI=1S/C24H20B.C22H35P/c1-5-13-21(14-6-1)25(22-15-7-2-8-16-22,23-17-9-3-10-18-23)24-19-11-4-12-20-24;1-3-16-15-20(23)22(18-13-9-6-10-14-18)19(4-2)21(16)17-11-7-5-8-12-17/h1-20H;15,17-18H,3-14,23H2,1-2H3/q-1;/p+1. The predicted octanol–water partition coefficient (Wildman–Crippen LogP) is 9.20. The second kappa shape index (κ2) is 16.8. The first-order valence-electron chi connectivity index (χ1n) is 19.1. The van der Waals surface area contributed by atoms with Crippen LogP contribution in [0.15, 0.2) is 127 Å². The van der Waals surface area contributed by atoms with Gasteiger partial charge in [0.05, 0.1) is 5.30 Å². The van der Waals surface area contributed by atoms with Crippen LogP contribution in [0.25, 0.3) is 0 Å². The normalized spacial score (nSPS) is 15.9. The van der Waals surface area contributed by atoms with Crippen molar-refractivity contribution < 1.29 is 0 Å². The largest absolute Gasteiger partial charge is 0.195 e. The Morgan fingerprint density at radius 1 is 0.479 bits per heavy atom. The van der Waals surface area contributed by atoms with Gasteiger partial charge in [0.25, 0.3) is 0 Å². The molecular weight excluding hydrogens is 594 g/mol. The third-order valence-electron chi connectivity index (χ3n) is 11.7. The molecule has 2 aliphatic rings. The summed E-state index contributed by atoms with van der Waals surface area (Å²) in [6.45, 7) is 4.78. The summed E-state index contributed by atoms with van der Waals surface area (Å²) in [5, 5.41) is 1.63. The van der Waals surface area contributed by atoms with Crippen LogP contribution in [0.1, 0.15) is 112 Å². The molecule has 0 bridgehead atoms. The summed E-state index contributed by atoms with van der Waals surface area (Å²) in [5.41, 5.74) is 12.4. The van der Waals surface area contributed by atoms with Crippen LogP contribution in [0.3, 0.4) is 0 Å². The SMILES string of the molecule is CCc1cc([PH3+])c(C2CCCCC2)c(CC)c1C1CCCCC1.c1ccc([B-](c2ccccc2)(c2ccccc2)c2ccccc2)cc1. The molecule has 2 heteroatoms.